The summed E-state index contributed by atoms with van der Waals surface area (Å²) in [7, 11) is 0. The van der Waals surface area contributed by atoms with Crippen molar-refractivity contribution in [2.24, 2.45) is 0 Å². The van der Waals surface area contributed by atoms with E-state index in [1.165, 1.54) is 0 Å². The number of hydrogen-bond donors (Lipinski definition) is 0. The molecule has 2 nitrogen and oxygen atoms in total. The van der Waals surface area contributed by atoms with Gasteiger partial charge in [-0.05, 0) is 36.5 Å². The zero-order valence-electron chi connectivity index (χ0n) is 10.8. The maximum Gasteiger partial charge on any atom is 0.193 e. The Morgan fingerprint density at radius 1 is 1.05 bits per heavy atom. The summed E-state index contributed by atoms with van der Waals surface area (Å²) in [4.78, 5) is 23.8. The average molecular weight is 250 g/mol. The van der Waals surface area contributed by atoms with E-state index in [9.17, 15) is 9.59 Å². The van der Waals surface area contributed by atoms with Crippen LogP contribution in [0.3, 0.4) is 0 Å². The molecule has 0 saturated heterocycles. The molecule has 0 fully saturated rings. The number of ketones is 1. The number of rotatable bonds is 1. The SMILES string of the molecule is Cc1cccc2c1C(=O)c1cccc(C=O)c1CC2. The molecule has 0 bridgehead atoms. The summed E-state index contributed by atoms with van der Waals surface area (Å²) in [5.41, 5.74) is 5.10. The van der Waals surface area contributed by atoms with E-state index in [4.69, 9.17) is 0 Å². The van der Waals surface area contributed by atoms with Crippen molar-refractivity contribution in [3.8, 4) is 0 Å². The molecule has 2 heteroatoms. The minimum Gasteiger partial charge on any atom is -0.298 e. The third-order valence-electron chi connectivity index (χ3n) is 3.81. The second-order valence-corrected chi connectivity index (χ2v) is 4.93. The zero-order chi connectivity index (χ0) is 13.4. The summed E-state index contributed by atoms with van der Waals surface area (Å²) < 4.78 is 0. The maximum atomic E-state index is 12.7. The molecule has 3 rings (SSSR count). The van der Waals surface area contributed by atoms with Gasteiger partial charge in [0.2, 0.25) is 0 Å². The first-order chi connectivity index (χ1) is 9.22. The Bertz CT molecular complexity index is 684. The van der Waals surface area contributed by atoms with Crippen molar-refractivity contribution >= 4 is 12.1 Å². The molecule has 0 unspecified atom stereocenters. The number of hydrogen-bond acceptors (Lipinski definition) is 2. The van der Waals surface area contributed by atoms with Gasteiger partial charge in [0.1, 0.15) is 6.29 Å². The first kappa shape index (κ1) is 11.8. The summed E-state index contributed by atoms with van der Waals surface area (Å²) in [6.45, 7) is 1.96. The first-order valence-electron chi connectivity index (χ1n) is 6.42. The Labute approximate surface area is 112 Å². The van der Waals surface area contributed by atoms with Crippen molar-refractivity contribution in [2.75, 3.05) is 0 Å². The van der Waals surface area contributed by atoms with Crippen molar-refractivity contribution in [1.82, 2.24) is 0 Å². The van der Waals surface area contributed by atoms with Gasteiger partial charge in [0.05, 0.1) is 0 Å². The van der Waals surface area contributed by atoms with Gasteiger partial charge in [-0.2, -0.15) is 0 Å². The van der Waals surface area contributed by atoms with Crippen molar-refractivity contribution in [3.63, 3.8) is 0 Å². The lowest BCUT2D eigenvalue weighted by Gasteiger charge is -2.08. The lowest BCUT2D eigenvalue weighted by Crippen LogP contribution is -2.07. The predicted octanol–water partition coefficient (Wildman–Crippen LogP) is 3.14. The van der Waals surface area contributed by atoms with Crippen LogP contribution in [0.4, 0.5) is 0 Å². The Kier molecular flexibility index (Phi) is 2.79. The van der Waals surface area contributed by atoms with E-state index >= 15 is 0 Å². The van der Waals surface area contributed by atoms with E-state index in [0.29, 0.717) is 11.1 Å². The van der Waals surface area contributed by atoms with Gasteiger partial charge in [-0.3, -0.25) is 9.59 Å². The summed E-state index contributed by atoms with van der Waals surface area (Å²) in [6.07, 6.45) is 2.39. The molecule has 2 aromatic rings. The summed E-state index contributed by atoms with van der Waals surface area (Å²) in [5.74, 6) is 0.0456. The van der Waals surface area contributed by atoms with E-state index in [0.717, 1.165) is 41.4 Å². The normalized spacial score (nSPS) is 13.4. The molecule has 94 valence electrons. The first-order valence-corrected chi connectivity index (χ1v) is 6.42. The molecule has 2 aromatic carbocycles. The topological polar surface area (TPSA) is 34.1 Å². The van der Waals surface area contributed by atoms with Crippen LogP contribution in [0.15, 0.2) is 36.4 Å². The van der Waals surface area contributed by atoms with Crippen LogP contribution in [0.1, 0.15) is 43.0 Å². The van der Waals surface area contributed by atoms with Gasteiger partial charge in [-0.15, -0.1) is 0 Å². The lowest BCUT2D eigenvalue weighted by atomic mass is 9.94. The number of aryl methyl sites for hydroxylation is 2. The number of fused-ring (bicyclic) bond motifs is 2. The van der Waals surface area contributed by atoms with Crippen LogP contribution in [0.2, 0.25) is 0 Å². The minimum absolute atomic E-state index is 0.0456. The van der Waals surface area contributed by atoms with Crippen LogP contribution < -0.4 is 0 Å². The molecule has 0 heterocycles. The Hall–Kier alpha value is -2.22. The van der Waals surface area contributed by atoms with Crippen LogP contribution >= 0.6 is 0 Å². The van der Waals surface area contributed by atoms with Crippen LogP contribution in [0.25, 0.3) is 0 Å². The molecule has 0 amide bonds. The summed E-state index contributed by atoms with van der Waals surface area (Å²) in [5, 5.41) is 0. The number of carbonyl (C=O) groups excluding carboxylic acids is 2. The monoisotopic (exact) mass is 250 g/mol. The van der Waals surface area contributed by atoms with Crippen molar-refractivity contribution in [1.29, 1.82) is 0 Å². The maximum absolute atomic E-state index is 12.7. The molecule has 0 aliphatic heterocycles. The lowest BCUT2D eigenvalue weighted by molar-refractivity contribution is 0.103. The number of carbonyl (C=O) groups is 2. The van der Waals surface area contributed by atoms with Crippen LogP contribution in [0.5, 0.6) is 0 Å². The van der Waals surface area contributed by atoms with Crippen molar-refractivity contribution in [2.45, 2.75) is 19.8 Å². The van der Waals surface area contributed by atoms with E-state index in [-0.39, 0.29) is 5.78 Å². The summed E-state index contributed by atoms with van der Waals surface area (Å²) >= 11 is 0. The Morgan fingerprint density at radius 2 is 1.84 bits per heavy atom. The second-order valence-electron chi connectivity index (χ2n) is 4.93. The Balaban J connectivity index is 2.27. The van der Waals surface area contributed by atoms with E-state index in [1.54, 1.807) is 12.1 Å². The largest absolute Gasteiger partial charge is 0.298 e. The van der Waals surface area contributed by atoms with Gasteiger partial charge < -0.3 is 0 Å². The van der Waals surface area contributed by atoms with Gasteiger partial charge >= 0.3 is 0 Å². The quantitative estimate of drug-likeness (QED) is 0.729. The molecule has 19 heavy (non-hydrogen) atoms. The van der Waals surface area contributed by atoms with Gasteiger partial charge in [-0.25, -0.2) is 0 Å². The molecule has 0 N–H and O–H groups in total. The number of aldehydes is 1. The number of benzene rings is 2. The van der Waals surface area contributed by atoms with E-state index < -0.39 is 0 Å². The third kappa shape index (κ3) is 1.80. The van der Waals surface area contributed by atoms with Gasteiger partial charge in [0.15, 0.2) is 5.78 Å². The molecule has 1 aliphatic rings. The summed E-state index contributed by atoms with van der Waals surface area (Å²) in [6, 6.07) is 11.3. The van der Waals surface area contributed by atoms with Crippen LogP contribution in [-0.4, -0.2) is 12.1 Å². The highest BCUT2D eigenvalue weighted by Gasteiger charge is 2.23. The molecule has 0 radical (unpaired) electrons. The molecule has 1 aliphatic carbocycles. The van der Waals surface area contributed by atoms with Crippen molar-refractivity contribution < 1.29 is 9.59 Å². The van der Waals surface area contributed by atoms with Crippen LogP contribution in [-0.2, 0) is 12.8 Å². The van der Waals surface area contributed by atoms with Gasteiger partial charge in [0.25, 0.3) is 0 Å². The van der Waals surface area contributed by atoms with E-state index in [1.807, 2.05) is 31.2 Å². The Morgan fingerprint density at radius 3 is 2.63 bits per heavy atom. The fourth-order valence-corrected chi connectivity index (χ4v) is 2.86. The predicted molar refractivity (Wildman–Crippen MR) is 73.8 cm³/mol. The highest BCUT2D eigenvalue weighted by molar-refractivity contribution is 6.13. The average Bonchev–Trinajstić information content (AvgIpc) is 2.57. The van der Waals surface area contributed by atoms with Crippen molar-refractivity contribution in [3.05, 3.63) is 69.8 Å². The zero-order valence-corrected chi connectivity index (χ0v) is 10.8. The smallest absolute Gasteiger partial charge is 0.193 e. The molecule has 0 spiro atoms. The fraction of sp³-hybridized carbons (Fsp3) is 0.176. The van der Waals surface area contributed by atoms with Crippen LogP contribution in [0, 0.1) is 6.92 Å². The molecule has 0 saturated carbocycles. The highest BCUT2D eigenvalue weighted by atomic mass is 16.1. The third-order valence-corrected chi connectivity index (χ3v) is 3.81. The molecule has 0 atom stereocenters. The van der Waals surface area contributed by atoms with Gasteiger partial charge in [0, 0.05) is 16.7 Å². The molecular weight excluding hydrogens is 236 g/mol. The fourth-order valence-electron chi connectivity index (χ4n) is 2.86. The standard InChI is InChI=1S/C17H14O2/c1-11-4-2-5-12-8-9-14-13(10-18)6-3-7-15(14)17(19)16(11)12/h2-7,10H,8-9H2,1H3. The second kappa shape index (κ2) is 4.47. The van der Waals surface area contributed by atoms with Gasteiger partial charge in [-0.1, -0.05) is 36.4 Å². The molecule has 0 aromatic heterocycles. The van der Waals surface area contributed by atoms with E-state index in [2.05, 4.69) is 0 Å². The molecular formula is C17H14O2. The highest BCUT2D eigenvalue weighted by Crippen LogP contribution is 2.28. The minimum atomic E-state index is 0.0456.